The minimum atomic E-state index is -0.542. The highest BCUT2D eigenvalue weighted by Gasteiger charge is 2.14. The third-order valence-electron chi connectivity index (χ3n) is 2.13. The van der Waals surface area contributed by atoms with Gasteiger partial charge in [-0.25, -0.2) is 0 Å². The van der Waals surface area contributed by atoms with Gasteiger partial charge in [0.25, 0.3) is 0 Å². The molecule has 2 atom stereocenters. The molecule has 0 aliphatic rings. The zero-order chi connectivity index (χ0) is 10.3. The molecule has 0 bridgehead atoms. The number of hydrogen-bond donors (Lipinski definition) is 2. The minimum Gasteiger partial charge on any atom is -0.390 e. The molecule has 0 rings (SSSR count). The molecular formula is C10H23NO2. The van der Waals surface area contributed by atoms with Crippen molar-refractivity contribution in [1.82, 2.24) is 4.90 Å². The van der Waals surface area contributed by atoms with E-state index in [-0.39, 0.29) is 0 Å². The lowest BCUT2D eigenvalue weighted by Gasteiger charge is -2.18. The first kappa shape index (κ1) is 12.9. The summed E-state index contributed by atoms with van der Waals surface area (Å²) in [5.41, 5.74) is 0. The SMILES string of the molecule is CCCC(O)C(O)CCCN(C)C. The van der Waals surface area contributed by atoms with Crippen LogP contribution < -0.4 is 0 Å². The predicted molar refractivity (Wildman–Crippen MR) is 54.7 cm³/mol. The maximum Gasteiger partial charge on any atom is 0.0799 e. The van der Waals surface area contributed by atoms with Crippen molar-refractivity contribution in [2.45, 2.75) is 44.8 Å². The third-order valence-corrected chi connectivity index (χ3v) is 2.13. The Kier molecular flexibility index (Phi) is 7.23. The van der Waals surface area contributed by atoms with Crippen LogP contribution in [0.2, 0.25) is 0 Å². The van der Waals surface area contributed by atoms with Crippen LogP contribution in [0.4, 0.5) is 0 Å². The van der Waals surface area contributed by atoms with Gasteiger partial charge in [0.05, 0.1) is 12.2 Å². The Bertz CT molecular complexity index is 117. The zero-order valence-corrected chi connectivity index (χ0v) is 9.03. The van der Waals surface area contributed by atoms with Gasteiger partial charge < -0.3 is 15.1 Å². The second kappa shape index (κ2) is 7.30. The van der Waals surface area contributed by atoms with Crippen molar-refractivity contribution < 1.29 is 10.2 Å². The van der Waals surface area contributed by atoms with Gasteiger partial charge in [-0.2, -0.15) is 0 Å². The number of aliphatic hydroxyl groups is 2. The Balaban J connectivity index is 3.43. The molecule has 13 heavy (non-hydrogen) atoms. The van der Waals surface area contributed by atoms with Crippen LogP contribution in [0, 0.1) is 0 Å². The van der Waals surface area contributed by atoms with Gasteiger partial charge in [0.15, 0.2) is 0 Å². The maximum absolute atomic E-state index is 9.49. The van der Waals surface area contributed by atoms with Crippen LogP contribution in [-0.2, 0) is 0 Å². The third kappa shape index (κ3) is 6.99. The fourth-order valence-electron chi connectivity index (χ4n) is 1.30. The molecule has 0 saturated carbocycles. The molecule has 80 valence electrons. The van der Waals surface area contributed by atoms with Gasteiger partial charge in [0, 0.05) is 0 Å². The Morgan fingerprint density at radius 1 is 1.08 bits per heavy atom. The number of nitrogens with zero attached hydrogens (tertiary/aromatic N) is 1. The minimum absolute atomic E-state index is 0.535. The first-order chi connectivity index (χ1) is 6.07. The number of hydrogen-bond acceptors (Lipinski definition) is 3. The average Bonchev–Trinajstić information content (AvgIpc) is 2.04. The number of aliphatic hydroxyl groups excluding tert-OH is 2. The molecule has 2 N–H and O–H groups in total. The van der Waals surface area contributed by atoms with E-state index >= 15 is 0 Å². The highest BCUT2D eigenvalue weighted by atomic mass is 16.3. The van der Waals surface area contributed by atoms with E-state index in [0.717, 1.165) is 19.4 Å². The normalized spacial score (nSPS) is 16.2. The standard InChI is InChI=1S/C10H23NO2/c1-4-6-9(12)10(13)7-5-8-11(2)3/h9-10,12-13H,4-8H2,1-3H3. The van der Waals surface area contributed by atoms with Gasteiger partial charge in [0.1, 0.15) is 0 Å². The van der Waals surface area contributed by atoms with E-state index < -0.39 is 12.2 Å². The van der Waals surface area contributed by atoms with Gasteiger partial charge in [-0.15, -0.1) is 0 Å². The van der Waals surface area contributed by atoms with Gasteiger partial charge in [-0.05, 0) is 39.9 Å². The van der Waals surface area contributed by atoms with E-state index in [9.17, 15) is 10.2 Å². The van der Waals surface area contributed by atoms with Crippen molar-refractivity contribution >= 4 is 0 Å². The summed E-state index contributed by atoms with van der Waals surface area (Å²) < 4.78 is 0. The van der Waals surface area contributed by atoms with Crippen molar-refractivity contribution in [3.05, 3.63) is 0 Å². The van der Waals surface area contributed by atoms with Crippen LogP contribution in [-0.4, -0.2) is 48.0 Å². The van der Waals surface area contributed by atoms with Crippen molar-refractivity contribution in [3.8, 4) is 0 Å². The largest absolute Gasteiger partial charge is 0.390 e. The summed E-state index contributed by atoms with van der Waals surface area (Å²) in [5, 5.41) is 18.9. The van der Waals surface area contributed by atoms with E-state index in [1.54, 1.807) is 0 Å². The first-order valence-corrected chi connectivity index (χ1v) is 5.08. The van der Waals surface area contributed by atoms with Crippen LogP contribution in [0.1, 0.15) is 32.6 Å². The molecule has 0 aromatic carbocycles. The lowest BCUT2D eigenvalue weighted by atomic mass is 10.0. The maximum atomic E-state index is 9.49. The highest BCUT2D eigenvalue weighted by molar-refractivity contribution is 4.66. The Labute approximate surface area is 81.4 Å². The molecular weight excluding hydrogens is 166 g/mol. The molecule has 0 aromatic heterocycles. The molecule has 2 unspecified atom stereocenters. The van der Waals surface area contributed by atoms with E-state index in [4.69, 9.17) is 0 Å². The van der Waals surface area contributed by atoms with Gasteiger partial charge in [0.2, 0.25) is 0 Å². The van der Waals surface area contributed by atoms with Crippen molar-refractivity contribution in [3.63, 3.8) is 0 Å². The van der Waals surface area contributed by atoms with Crippen LogP contribution in [0.5, 0.6) is 0 Å². The summed E-state index contributed by atoms with van der Waals surface area (Å²) >= 11 is 0. The van der Waals surface area contributed by atoms with Crippen LogP contribution in [0.25, 0.3) is 0 Å². The predicted octanol–water partition coefficient (Wildman–Crippen LogP) is 0.850. The molecule has 0 aliphatic carbocycles. The van der Waals surface area contributed by atoms with Gasteiger partial charge in [-0.1, -0.05) is 13.3 Å². The molecule has 0 heterocycles. The van der Waals surface area contributed by atoms with E-state index in [1.165, 1.54) is 0 Å². The smallest absolute Gasteiger partial charge is 0.0799 e. The van der Waals surface area contributed by atoms with Gasteiger partial charge >= 0.3 is 0 Å². The van der Waals surface area contributed by atoms with Crippen molar-refractivity contribution in [2.24, 2.45) is 0 Å². The van der Waals surface area contributed by atoms with E-state index in [1.807, 2.05) is 21.0 Å². The molecule has 3 nitrogen and oxygen atoms in total. The molecule has 0 aromatic rings. The fraction of sp³-hybridized carbons (Fsp3) is 1.00. The lowest BCUT2D eigenvalue weighted by Crippen LogP contribution is -2.26. The fourth-order valence-corrected chi connectivity index (χ4v) is 1.30. The number of rotatable bonds is 7. The van der Waals surface area contributed by atoms with Gasteiger partial charge in [-0.3, -0.25) is 0 Å². The topological polar surface area (TPSA) is 43.7 Å². The molecule has 0 radical (unpaired) electrons. The summed E-state index contributed by atoms with van der Waals surface area (Å²) in [7, 11) is 4.02. The molecule has 0 aliphatic heterocycles. The lowest BCUT2D eigenvalue weighted by molar-refractivity contribution is 0.00768. The Morgan fingerprint density at radius 3 is 2.08 bits per heavy atom. The Morgan fingerprint density at radius 2 is 1.62 bits per heavy atom. The second-order valence-corrected chi connectivity index (χ2v) is 3.87. The Hall–Kier alpha value is -0.120. The molecule has 0 spiro atoms. The van der Waals surface area contributed by atoms with Crippen LogP contribution >= 0.6 is 0 Å². The van der Waals surface area contributed by atoms with Crippen LogP contribution in [0.3, 0.4) is 0 Å². The van der Waals surface area contributed by atoms with Crippen LogP contribution in [0.15, 0.2) is 0 Å². The summed E-state index contributed by atoms with van der Waals surface area (Å²) in [6.45, 7) is 2.98. The monoisotopic (exact) mass is 189 g/mol. The summed E-state index contributed by atoms with van der Waals surface area (Å²) in [5.74, 6) is 0. The van der Waals surface area contributed by atoms with E-state index in [0.29, 0.717) is 12.8 Å². The molecule has 0 fully saturated rings. The first-order valence-electron chi connectivity index (χ1n) is 5.08. The molecule has 0 amide bonds. The van der Waals surface area contributed by atoms with Crippen molar-refractivity contribution in [2.75, 3.05) is 20.6 Å². The molecule has 0 saturated heterocycles. The van der Waals surface area contributed by atoms with E-state index in [2.05, 4.69) is 4.90 Å². The highest BCUT2D eigenvalue weighted by Crippen LogP contribution is 2.07. The van der Waals surface area contributed by atoms with Crippen molar-refractivity contribution in [1.29, 1.82) is 0 Å². The summed E-state index contributed by atoms with van der Waals surface area (Å²) in [6, 6.07) is 0. The second-order valence-electron chi connectivity index (χ2n) is 3.87. The summed E-state index contributed by atoms with van der Waals surface area (Å²) in [6.07, 6.45) is 2.18. The summed E-state index contributed by atoms with van der Waals surface area (Å²) in [4.78, 5) is 2.08. The molecule has 3 heteroatoms. The average molecular weight is 189 g/mol. The zero-order valence-electron chi connectivity index (χ0n) is 9.03. The quantitative estimate of drug-likeness (QED) is 0.624.